The van der Waals surface area contributed by atoms with Crippen LogP contribution in [0.2, 0.25) is 0 Å². The van der Waals surface area contributed by atoms with Crippen molar-refractivity contribution in [1.29, 1.82) is 0 Å². The van der Waals surface area contributed by atoms with Crippen LogP contribution < -0.4 is 9.96 Å². The first kappa shape index (κ1) is 22.6. The number of carbonyl (C=O) groups excluding carboxylic acids is 2. The molecule has 2 heterocycles. The van der Waals surface area contributed by atoms with Crippen LogP contribution in [-0.2, 0) is 19.8 Å². The molecule has 6 rings (SSSR count). The van der Waals surface area contributed by atoms with Gasteiger partial charge in [0.1, 0.15) is 11.5 Å². The maximum Gasteiger partial charge on any atom is 0.269 e. The maximum atomic E-state index is 14.6. The zero-order chi connectivity index (χ0) is 25.6. The Balaban J connectivity index is 1.62. The molecule has 0 saturated carbocycles. The molecule has 4 aromatic rings. The maximum absolute atomic E-state index is 14.6. The van der Waals surface area contributed by atoms with Crippen molar-refractivity contribution < 1.29 is 19.3 Å². The number of nitro benzene ring substituents is 1. The molecule has 0 bridgehead atoms. The average molecular weight is 492 g/mol. The lowest BCUT2D eigenvalue weighted by Gasteiger charge is -2.35. The minimum atomic E-state index is -1.50. The number of rotatable bonds is 5. The van der Waals surface area contributed by atoms with Crippen molar-refractivity contribution in [2.45, 2.75) is 17.6 Å². The molecular formula is C29H21N3O5. The van der Waals surface area contributed by atoms with Crippen LogP contribution in [0.15, 0.2) is 115 Å². The van der Waals surface area contributed by atoms with Crippen LogP contribution in [-0.4, -0.2) is 22.8 Å². The molecule has 0 unspecified atom stereocenters. The van der Waals surface area contributed by atoms with E-state index in [4.69, 9.17) is 4.84 Å². The van der Waals surface area contributed by atoms with Gasteiger partial charge in [0.15, 0.2) is 6.10 Å². The van der Waals surface area contributed by atoms with E-state index in [-0.39, 0.29) is 5.69 Å². The summed E-state index contributed by atoms with van der Waals surface area (Å²) in [5.41, 5.74) is 0.742. The van der Waals surface area contributed by atoms with E-state index in [1.165, 1.54) is 17.0 Å². The lowest BCUT2D eigenvalue weighted by Crippen LogP contribution is -2.46. The number of carbonyl (C=O) groups is 2. The molecule has 3 atom stereocenters. The van der Waals surface area contributed by atoms with Crippen molar-refractivity contribution in [3.63, 3.8) is 0 Å². The van der Waals surface area contributed by atoms with E-state index in [0.29, 0.717) is 16.9 Å². The second-order valence-electron chi connectivity index (χ2n) is 8.95. The Hall–Kier alpha value is -4.82. The Labute approximate surface area is 212 Å². The molecule has 0 aromatic heterocycles. The molecule has 0 radical (unpaired) electrons. The van der Waals surface area contributed by atoms with E-state index in [0.717, 1.165) is 5.56 Å². The van der Waals surface area contributed by atoms with Crippen LogP contribution >= 0.6 is 0 Å². The monoisotopic (exact) mass is 491 g/mol. The number of benzene rings is 4. The number of hydrogen-bond donors (Lipinski definition) is 0. The summed E-state index contributed by atoms with van der Waals surface area (Å²) >= 11 is 0. The van der Waals surface area contributed by atoms with Gasteiger partial charge in [-0.2, -0.15) is 0 Å². The van der Waals surface area contributed by atoms with Crippen LogP contribution in [0.3, 0.4) is 0 Å². The highest BCUT2D eigenvalue weighted by atomic mass is 16.7. The van der Waals surface area contributed by atoms with Crippen molar-refractivity contribution in [3.05, 3.63) is 137 Å². The largest absolute Gasteiger partial charge is 0.273 e. The van der Waals surface area contributed by atoms with Gasteiger partial charge < -0.3 is 0 Å². The van der Waals surface area contributed by atoms with E-state index in [1.807, 2.05) is 66.7 Å². The summed E-state index contributed by atoms with van der Waals surface area (Å²) < 4.78 is 0. The summed E-state index contributed by atoms with van der Waals surface area (Å²) in [6.07, 6.45) is -1.19. The highest BCUT2D eigenvalue weighted by molar-refractivity contribution is 6.28. The number of hydroxylamine groups is 1. The Morgan fingerprint density at radius 2 is 1.27 bits per heavy atom. The third kappa shape index (κ3) is 3.34. The number of imide groups is 1. The molecule has 8 heteroatoms. The van der Waals surface area contributed by atoms with Gasteiger partial charge in [0.25, 0.3) is 11.6 Å². The Bertz CT molecular complexity index is 1480. The normalized spacial score (nSPS) is 22.8. The minimum absolute atomic E-state index is 0.108. The number of hydrogen-bond acceptors (Lipinski definition) is 6. The Morgan fingerprint density at radius 3 is 1.84 bits per heavy atom. The van der Waals surface area contributed by atoms with Gasteiger partial charge in [0, 0.05) is 12.1 Å². The molecule has 0 N–H and O–H groups in total. The standard InChI is InChI=1S/C29H21N3O5/c33-27-26-29(21-16-18-24(19-17-21)32(35)36,28(34)30(27)22-12-6-2-7-13-22)25(20-10-4-1-5-11-20)31(37-26)23-14-8-3-9-15-23/h1-19,25-26H/t25-,26-,29+/m0/s1. The predicted octanol–water partition coefficient (Wildman–Crippen LogP) is 4.97. The van der Waals surface area contributed by atoms with Crippen molar-refractivity contribution in [2.24, 2.45) is 0 Å². The predicted molar refractivity (Wildman–Crippen MR) is 137 cm³/mol. The Kier molecular flexibility index (Phi) is 5.31. The van der Waals surface area contributed by atoms with E-state index in [2.05, 4.69) is 0 Å². The molecule has 182 valence electrons. The summed E-state index contributed by atoms with van der Waals surface area (Å²) in [5, 5.41) is 13.0. The first-order valence-electron chi connectivity index (χ1n) is 11.8. The van der Waals surface area contributed by atoms with E-state index < -0.39 is 34.3 Å². The van der Waals surface area contributed by atoms with Crippen LogP contribution in [0.4, 0.5) is 17.1 Å². The highest BCUT2D eigenvalue weighted by Gasteiger charge is 2.72. The fraction of sp³-hybridized carbons (Fsp3) is 0.103. The first-order valence-corrected chi connectivity index (χ1v) is 11.8. The molecule has 2 aliphatic rings. The number of para-hydroxylation sites is 2. The van der Waals surface area contributed by atoms with E-state index in [9.17, 15) is 19.7 Å². The van der Waals surface area contributed by atoms with Crippen LogP contribution in [0.1, 0.15) is 17.2 Å². The van der Waals surface area contributed by atoms with Gasteiger partial charge in [-0.15, -0.1) is 0 Å². The molecule has 37 heavy (non-hydrogen) atoms. The third-order valence-electron chi connectivity index (χ3n) is 7.00. The number of nitro groups is 1. The first-order chi connectivity index (χ1) is 18.0. The second-order valence-corrected chi connectivity index (χ2v) is 8.95. The smallest absolute Gasteiger partial charge is 0.269 e. The Morgan fingerprint density at radius 1 is 0.730 bits per heavy atom. The molecule has 4 aromatic carbocycles. The van der Waals surface area contributed by atoms with E-state index >= 15 is 0 Å². The summed E-state index contributed by atoms with van der Waals surface area (Å²) in [5.74, 6) is -0.941. The molecule has 2 aliphatic heterocycles. The molecular weight excluding hydrogens is 470 g/mol. The molecule has 8 nitrogen and oxygen atoms in total. The van der Waals surface area contributed by atoms with Crippen LogP contribution in [0, 0.1) is 10.1 Å². The molecule has 0 aliphatic carbocycles. The van der Waals surface area contributed by atoms with Crippen molar-refractivity contribution in [2.75, 3.05) is 9.96 Å². The summed E-state index contributed by atoms with van der Waals surface area (Å²) in [4.78, 5) is 47.0. The third-order valence-corrected chi connectivity index (χ3v) is 7.00. The topological polar surface area (TPSA) is 93.0 Å². The number of fused-ring (bicyclic) bond motifs is 1. The van der Waals surface area contributed by atoms with Crippen molar-refractivity contribution >= 4 is 28.9 Å². The number of nitrogens with zero attached hydrogens (tertiary/aromatic N) is 3. The quantitative estimate of drug-likeness (QED) is 0.222. The summed E-state index contributed by atoms with van der Waals surface area (Å²) in [7, 11) is 0. The zero-order valence-electron chi connectivity index (χ0n) is 19.5. The van der Waals surface area contributed by atoms with Crippen LogP contribution in [0.5, 0.6) is 0 Å². The van der Waals surface area contributed by atoms with Gasteiger partial charge in [-0.05, 0) is 35.4 Å². The molecule has 2 fully saturated rings. The van der Waals surface area contributed by atoms with Gasteiger partial charge >= 0.3 is 0 Å². The number of anilines is 2. The van der Waals surface area contributed by atoms with Crippen molar-refractivity contribution in [3.8, 4) is 0 Å². The summed E-state index contributed by atoms with van der Waals surface area (Å²) in [6.45, 7) is 0. The van der Waals surface area contributed by atoms with Gasteiger partial charge in [-0.25, -0.2) is 9.96 Å². The van der Waals surface area contributed by atoms with Crippen LogP contribution in [0.25, 0.3) is 0 Å². The van der Waals surface area contributed by atoms with Gasteiger partial charge in [0.2, 0.25) is 5.91 Å². The molecule has 0 spiro atoms. The number of non-ortho nitro benzene ring substituents is 1. The van der Waals surface area contributed by atoms with Gasteiger partial charge in [0.05, 0.1) is 16.3 Å². The van der Waals surface area contributed by atoms with Gasteiger partial charge in [-0.3, -0.25) is 24.5 Å². The minimum Gasteiger partial charge on any atom is -0.273 e. The summed E-state index contributed by atoms with van der Waals surface area (Å²) in [6, 6.07) is 32.5. The molecule has 2 saturated heterocycles. The SMILES string of the molecule is O=C1[C@@H]2ON(c3ccccc3)[C@@H](c3ccccc3)[C@@]2(c2ccc([N+](=O)[O-])cc2)C(=O)N1c1ccccc1. The number of amides is 2. The van der Waals surface area contributed by atoms with Gasteiger partial charge in [-0.1, -0.05) is 78.9 Å². The molecule has 2 amide bonds. The second kappa shape index (κ2) is 8.69. The zero-order valence-corrected chi connectivity index (χ0v) is 19.5. The highest BCUT2D eigenvalue weighted by Crippen LogP contribution is 2.57. The van der Waals surface area contributed by atoms with E-state index in [1.54, 1.807) is 41.5 Å². The lowest BCUT2D eigenvalue weighted by molar-refractivity contribution is -0.384. The average Bonchev–Trinajstić information content (AvgIpc) is 3.41. The fourth-order valence-electron chi connectivity index (χ4n) is 5.39. The lowest BCUT2D eigenvalue weighted by atomic mass is 9.69. The van der Waals surface area contributed by atoms with Crippen molar-refractivity contribution in [1.82, 2.24) is 0 Å². The fourth-order valence-corrected chi connectivity index (χ4v) is 5.39.